The summed E-state index contributed by atoms with van der Waals surface area (Å²) < 4.78 is 16.5. The summed E-state index contributed by atoms with van der Waals surface area (Å²) >= 11 is 1.64. The highest BCUT2D eigenvalue weighted by atomic mass is 32.1. The number of nitrogens with one attached hydrogen (secondary N) is 1. The number of hydrogen-bond donors (Lipinski definition) is 1. The number of anilines is 1. The van der Waals surface area contributed by atoms with Gasteiger partial charge < -0.3 is 9.88 Å². The smallest absolute Gasteiger partial charge is 0.259 e. The van der Waals surface area contributed by atoms with Crippen molar-refractivity contribution in [2.75, 3.05) is 5.32 Å². The van der Waals surface area contributed by atoms with Crippen molar-refractivity contribution in [2.24, 2.45) is 16.3 Å². The molecule has 0 bridgehead atoms. The third kappa shape index (κ3) is 5.62. The predicted octanol–water partition coefficient (Wildman–Crippen LogP) is 9.04. The van der Waals surface area contributed by atoms with Crippen LogP contribution in [0.5, 0.6) is 0 Å². The van der Waals surface area contributed by atoms with Crippen LogP contribution in [0.15, 0.2) is 90.1 Å². The van der Waals surface area contributed by atoms with Gasteiger partial charge in [-0.05, 0) is 60.4 Å². The van der Waals surface area contributed by atoms with Crippen molar-refractivity contribution in [3.8, 4) is 0 Å². The Morgan fingerprint density at radius 3 is 2.56 bits per heavy atom. The zero-order chi connectivity index (χ0) is 28.6. The topological polar surface area (TPSA) is 46.4 Å². The van der Waals surface area contributed by atoms with Gasteiger partial charge in [0.1, 0.15) is 10.8 Å². The average molecular weight is 564 g/mol. The Morgan fingerprint density at radius 2 is 1.78 bits per heavy atom. The molecule has 6 rings (SSSR count). The molecule has 1 atom stereocenters. The first kappa shape index (κ1) is 27.2. The van der Waals surface area contributed by atoms with Gasteiger partial charge in [-0.25, -0.2) is 9.38 Å². The fourth-order valence-electron chi connectivity index (χ4n) is 5.80. The molecule has 0 unspecified atom stereocenters. The summed E-state index contributed by atoms with van der Waals surface area (Å²) in [4.78, 5) is 19.9. The second kappa shape index (κ2) is 11.1. The van der Waals surface area contributed by atoms with Crippen LogP contribution in [-0.2, 0) is 19.4 Å². The Hall–Kier alpha value is -4.03. The van der Waals surface area contributed by atoms with Crippen LogP contribution >= 0.6 is 11.3 Å². The number of nitrogens with zero attached hydrogens (tertiary/aromatic N) is 2. The van der Waals surface area contributed by atoms with Gasteiger partial charge in [0, 0.05) is 45.0 Å². The van der Waals surface area contributed by atoms with Gasteiger partial charge in [0.25, 0.3) is 5.91 Å². The molecule has 1 aliphatic carbocycles. The van der Waals surface area contributed by atoms with E-state index in [1.54, 1.807) is 17.4 Å². The van der Waals surface area contributed by atoms with E-state index in [9.17, 15) is 9.18 Å². The Labute approximate surface area is 244 Å². The zero-order valence-corrected chi connectivity index (χ0v) is 24.5. The summed E-state index contributed by atoms with van der Waals surface area (Å²) in [6, 6.07) is 24.6. The van der Waals surface area contributed by atoms with Crippen molar-refractivity contribution >= 4 is 45.0 Å². The molecule has 0 saturated heterocycles. The average Bonchev–Trinajstić information content (AvgIpc) is 3.50. The van der Waals surface area contributed by atoms with Crippen LogP contribution in [0, 0.1) is 17.2 Å². The van der Waals surface area contributed by atoms with Crippen LogP contribution in [0.4, 0.5) is 15.1 Å². The van der Waals surface area contributed by atoms with Crippen LogP contribution in [-0.4, -0.2) is 16.7 Å². The quantitative estimate of drug-likeness (QED) is 0.206. The third-order valence-corrected chi connectivity index (χ3v) is 9.33. The van der Waals surface area contributed by atoms with Gasteiger partial charge >= 0.3 is 0 Å². The summed E-state index contributed by atoms with van der Waals surface area (Å²) in [6.07, 6.45) is 6.78. The molecule has 6 heteroatoms. The van der Waals surface area contributed by atoms with E-state index < -0.39 is 0 Å². The minimum absolute atomic E-state index is 0.114. The normalized spacial score (nSPS) is 15.4. The van der Waals surface area contributed by atoms with E-state index in [1.807, 2.05) is 73.1 Å². The largest absolute Gasteiger partial charge is 0.342 e. The van der Waals surface area contributed by atoms with Crippen molar-refractivity contribution in [1.82, 2.24) is 4.57 Å². The van der Waals surface area contributed by atoms with Gasteiger partial charge in [-0.3, -0.25) is 4.79 Å². The second-order valence-electron chi connectivity index (χ2n) is 11.9. The fraction of sp³-hybridized carbons (Fsp3) is 0.257. The summed E-state index contributed by atoms with van der Waals surface area (Å²) in [6.45, 7) is 7.33. The molecule has 3 aromatic carbocycles. The van der Waals surface area contributed by atoms with Crippen LogP contribution in [0.3, 0.4) is 0 Å². The zero-order valence-electron chi connectivity index (χ0n) is 23.7. The SMILES string of the molecule is CC(C)(C)[C@@H]1CCc2c(sc(N=Cc3cn(Cc4ccccc4F)c4ccccc34)c2C(=O)Nc2ccccc2)C1. The Bertz CT molecular complexity index is 1740. The first-order valence-electron chi connectivity index (χ1n) is 14.1. The van der Waals surface area contributed by atoms with Crippen LogP contribution in [0.1, 0.15) is 59.1 Å². The minimum atomic E-state index is -0.215. The maximum Gasteiger partial charge on any atom is 0.259 e. The van der Waals surface area contributed by atoms with Gasteiger partial charge in [0.05, 0.1) is 12.1 Å². The van der Waals surface area contributed by atoms with Gasteiger partial charge in [-0.15, -0.1) is 11.3 Å². The number of rotatable bonds is 6. The monoisotopic (exact) mass is 563 g/mol. The fourth-order valence-corrected chi connectivity index (χ4v) is 7.07. The molecule has 0 radical (unpaired) electrons. The number of carbonyl (C=O) groups is 1. The van der Waals surface area contributed by atoms with Crippen molar-refractivity contribution in [1.29, 1.82) is 0 Å². The van der Waals surface area contributed by atoms with Gasteiger partial charge in [0.15, 0.2) is 0 Å². The molecule has 0 fully saturated rings. The number of thiophene rings is 1. The predicted molar refractivity (Wildman–Crippen MR) is 168 cm³/mol. The van der Waals surface area contributed by atoms with E-state index in [-0.39, 0.29) is 17.1 Å². The Morgan fingerprint density at radius 1 is 1.05 bits per heavy atom. The van der Waals surface area contributed by atoms with E-state index in [2.05, 4.69) is 36.7 Å². The molecule has 5 aromatic rings. The number of hydrogen-bond acceptors (Lipinski definition) is 3. The third-order valence-electron chi connectivity index (χ3n) is 8.17. The highest BCUT2D eigenvalue weighted by Gasteiger charge is 2.33. The lowest BCUT2D eigenvalue weighted by molar-refractivity contribution is 0.102. The molecular weight excluding hydrogens is 529 g/mol. The standard InChI is InChI=1S/C35H34FN3OS/c1-35(2,3)25-17-18-28-31(19-25)41-34(32(28)33(40)38-26-12-5-4-6-13-26)37-20-24-22-39(30-16-10-8-14-27(24)30)21-23-11-7-9-15-29(23)36/h4-16,20,22,25H,17-19,21H2,1-3H3,(H,38,40)/t25-/m1/s1. The number of halogens is 1. The number of aromatic nitrogens is 1. The first-order valence-corrected chi connectivity index (χ1v) is 15.0. The van der Waals surface area contributed by atoms with Crippen LogP contribution in [0.25, 0.3) is 10.9 Å². The number of aliphatic imine (C=N–C) groups is 1. The number of fused-ring (bicyclic) bond motifs is 2. The molecule has 208 valence electrons. The van der Waals surface area contributed by atoms with Gasteiger partial charge in [0.2, 0.25) is 0 Å². The number of amides is 1. The molecule has 4 nitrogen and oxygen atoms in total. The second-order valence-corrected chi connectivity index (χ2v) is 13.0. The molecule has 2 heterocycles. The maximum atomic E-state index is 14.5. The molecule has 1 amide bonds. The molecular formula is C35H34FN3OS. The van der Waals surface area contributed by atoms with Crippen molar-refractivity contribution in [3.63, 3.8) is 0 Å². The molecule has 0 aliphatic heterocycles. The lowest BCUT2D eigenvalue weighted by Gasteiger charge is -2.33. The molecule has 1 aliphatic rings. The van der Waals surface area contributed by atoms with Crippen molar-refractivity contribution < 1.29 is 9.18 Å². The number of carbonyl (C=O) groups excluding carboxylic acids is 1. The number of benzene rings is 3. The van der Waals surface area contributed by atoms with Crippen LogP contribution < -0.4 is 5.32 Å². The number of para-hydroxylation sites is 2. The molecule has 1 N–H and O–H groups in total. The van der Waals surface area contributed by atoms with Crippen LogP contribution in [0.2, 0.25) is 0 Å². The van der Waals surface area contributed by atoms with Gasteiger partial charge in [-0.2, -0.15) is 0 Å². The van der Waals surface area contributed by atoms with Crippen molar-refractivity contribution in [3.05, 3.63) is 118 Å². The van der Waals surface area contributed by atoms with E-state index in [0.717, 1.165) is 52.0 Å². The summed E-state index contributed by atoms with van der Waals surface area (Å²) in [7, 11) is 0. The van der Waals surface area contributed by atoms with Gasteiger partial charge in [-0.1, -0.05) is 75.4 Å². The highest BCUT2D eigenvalue weighted by molar-refractivity contribution is 7.16. The summed E-state index contributed by atoms with van der Waals surface area (Å²) in [5.74, 6) is 0.233. The molecule has 41 heavy (non-hydrogen) atoms. The van der Waals surface area contributed by atoms with E-state index in [1.165, 1.54) is 10.9 Å². The van der Waals surface area contributed by atoms with E-state index >= 15 is 0 Å². The summed E-state index contributed by atoms with van der Waals surface area (Å²) in [5, 5.41) is 4.87. The minimum Gasteiger partial charge on any atom is -0.342 e. The van der Waals surface area contributed by atoms with E-state index in [0.29, 0.717) is 23.6 Å². The first-order chi connectivity index (χ1) is 19.8. The lowest BCUT2D eigenvalue weighted by Crippen LogP contribution is -2.27. The highest BCUT2D eigenvalue weighted by Crippen LogP contribution is 2.45. The Balaban J connectivity index is 1.38. The molecule has 2 aromatic heterocycles. The Kier molecular flexibility index (Phi) is 7.35. The maximum absolute atomic E-state index is 14.5. The summed E-state index contributed by atoms with van der Waals surface area (Å²) in [5.41, 5.74) is 5.38. The van der Waals surface area contributed by atoms with Crippen molar-refractivity contribution in [2.45, 2.75) is 46.6 Å². The molecule has 0 saturated carbocycles. The molecule has 0 spiro atoms. The van der Waals surface area contributed by atoms with E-state index in [4.69, 9.17) is 4.99 Å². The lowest BCUT2D eigenvalue weighted by atomic mass is 9.72.